The Labute approximate surface area is 135 Å². The second kappa shape index (κ2) is 9.25. The van der Waals surface area contributed by atoms with E-state index < -0.39 is 5.97 Å². The molecule has 0 aliphatic carbocycles. The highest BCUT2D eigenvalue weighted by atomic mass is 16.5. The number of benzene rings is 2. The SMILES string of the molecule is CCc1cc(OC)ccc1C(=O)O.COC(=O)c1ccccc1. The Kier molecular flexibility index (Phi) is 7.33. The van der Waals surface area contributed by atoms with Gasteiger partial charge in [-0.1, -0.05) is 25.1 Å². The van der Waals surface area contributed by atoms with Crippen LogP contribution < -0.4 is 4.74 Å². The normalized spacial score (nSPS) is 9.35. The Hall–Kier alpha value is -2.82. The maximum Gasteiger partial charge on any atom is 0.337 e. The van der Waals surface area contributed by atoms with Gasteiger partial charge in [-0.15, -0.1) is 0 Å². The quantitative estimate of drug-likeness (QED) is 0.875. The first-order valence-electron chi connectivity index (χ1n) is 7.07. The summed E-state index contributed by atoms with van der Waals surface area (Å²) in [5, 5.41) is 8.82. The molecule has 0 spiro atoms. The fourth-order valence-electron chi connectivity index (χ4n) is 1.89. The first-order valence-corrected chi connectivity index (χ1v) is 7.07. The van der Waals surface area contributed by atoms with Crippen LogP contribution in [0.15, 0.2) is 48.5 Å². The molecule has 5 heteroatoms. The molecule has 0 bridgehead atoms. The van der Waals surface area contributed by atoms with Gasteiger partial charge < -0.3 is 14.6 Å². The molecule has 0 saturated heterocycles. The molecule has 0 fully saturated rings. The summed E-state index contributed by atoms with van der Waals surface area (Å²) in [7, 11) is 2.94. The third-order valence-electron chi connectivity index (χ3n) is 3.12. The maximum absolute atomic E-state index is 10.8. The summed E-state index contributed by atoms with van der Waals surface area (Å²) in [4.78, 5) is 21.5. The number of carboxylic acid groups (broad SMARTS) is 1. The number of aryl methyl sites for hydroxylation is 1. The Morgan fingerprint density at radius 2 is 1.70 bits per heavy atom. The molecular weight excluding hydrogens is 296 g/mol. The number of methoxy groups -OCH3 is 2. The van der Waals surface area contributed by atoms with E-state index in [1.165, 1.54) is 7.11 Å². The van der Waals surface area contributed by atoms with Crippen molar-refractivity contribution < 1.29 is 24.2 Å². The highest BCUT2D eigenvalue weighted by Crippen LogP contribution is 2.18. The molecule has 0 radical (unpaired) electrons. The Bertz CT molecular complexity index is 650. The summed E-state index contributed by atoms with van der Waals surface area (Å²) in [6, 6.07) is 13.9. The lowest BCUT2D eigenvalue weighted by Gasteiger charge is -2.05. The van der Waals surface area contributed by atoms with Gasteiger partial charge in [0, 0.05) is 0 Å². The van der Waals surface area contributed by atoms with Gasteiger partial charge in [0.15, 0.2) is 0 Å². The predicted octanol–water partition coefficient (Wildman–Crippen LogP) is 3.43. The van der Waals surface area contributed by atoms with E-state index in [4.69, 9.17) is 9.84 Å². The number of carbonyl (C=O) groups excluding carboxylic acids is 1. The Morgan fingerprint density at radius 1 is 1.04 bits per heavy atom. The van der Waals surface area contributed by atoms with Crippen molar-refractivity contribution in [3.05, 3.63) is 65.2 Å². The molecule has 23 heavy (non-hydrogen) atoms. The van der Waals surface area contributed by atoms with Gasteiger partial charge in [0.25, 0.3) is 0 Å². The van der Waals surface area contributed by atoms with Gasteiger partial charge in [-0.2, -0.15) is 0 Å². The van der Waals surface area contributed by atoms with E-state index in [2.05, 4.69) is 4.74 Å². The minimum Gasteiger partial charge on any atom is -0.497 e. The zero-order valence-corrected chi connectivity index (χ0v) is 13.4. The van der Waals surface area contributed by atoms with Crippen molar-refractivity contribution in [3.63, 3.8) is 0 Å². The molecule has 0 aromatic heterocycles. The summed E-state index contributed by atoms with van der Waals surface area (Å²) in [6.07, 6.45) is 0.693. The molecule has 0 heterocycles. The highest BCUT2D eigenvalue weighted by Gasteiger charge is 2.08. The molecule has 2 rings (SSSR count). The predicted molar refractivity (Wildman–Crippen MR) is 87.1 cm³/mol. The van der Waals surface area contributed by atoms with Gasteiger partial charge in [0.2, 0.25) is 0 Å². The third kappa shape index (κ3) is 5.47. The number of ether oxygens (including phenoxy) is 2. The van der Waals surface area contributed by atoms with Crippen molar-refractivity contribution in [1.29, 1.82) is 0 Å². The molecule has 122 valence electrons. The van der Waals surface area contributed by atoms with Crippen molar-refractivity contribution in [2.75, 3.05) is 14.2 Å². The van der Waals surface area contributed by atoms with Crippen LogP contribution in [-0.4, -0.2) is 31.3 Å². The van der Waals surface area contributed by atoms with Gasteiger partial charge in [0.1, 0.15) is 5.75 Å². The Balaban J connectivity index is 0.000000238. The number of hydrogen-bond donors (Lipinski definition) is 1. The average molecular weight is 316 g/mol. The van der Waals surface area contributed by atoms with E-state index in [0.29, 0.717) is 23.3 Å². The van der Waals surface area contributed by atoms with Gasteiger partial charge in [-0.3, -0.25) is 0 Å². The summed E-state index contributed by atoms with van der Waals surface area (Å²) < 4.78 is 9.50. The molecule has 2 aromatic rings. The van der Waals surface area contributed by atoms with Crippen molar-refractivity contribution in [2.45, 2.75) is 13.3 Å². The number of aromatic carboxylic acids is 1. The van der Waals surface area contributed by atoms with Crippen molar-refractivity contribution in [3.8, 4) is 5.75 Å². The second-order valence-electron chi connectivity index (χ2n) is 4.54. The van der Waals surface area contributed by atoms with Gasteiger partial charge in [-0.05, 0) is 42.3 Å². The molecule has 0 aliphatic rings. The van der Waals surface area contributed by atoms with E-state index >= 15 is 0 Å². The van der Waals surface area contributed by atoms with Crippen molar-refractivity contribution in [1.82, 2.24) is 0 Å². The van der Waals surface area contributed by atoms with Crippen LogP contribution in [0.1, 0.15) is 33.2 Å². The molecular formula is C18H20O5. The number of carboxylic acids is 1. The molecule has 0 saturated carbocycles. The summed E-state index contributed by atoms with van der Waals surface area (Å²) in [5.74, 6) is -0.484. The van der Waals surface area contributed by atoms with Crippen LogP contribution in [0.5, 0.6) is 5.75 Å². The van der Waals surface area contributed by atoms with Crippen LogP contribution in [0.2, 0.25) is 0 Å². The van der Waals surface area contributed by atoms with E-state index in [-0.39, 0.29) is 5.97 Å². The average Bonchev–Trinajstić information content (AvgIpc) is 2.61. The van der Waals surface area contributed by atoms with Gasteiger partial charge in [-0.25, -0.2) is 9.59 Å². The number of rotatable bonds is 4. The Morgan fingerprint density at radius 3 is 2.17 bits per heavy atom. The minimum absolute atomic E-state index is 0.291. The summed E-state index contributed by atoms with van der Waals surface area (Å²) >= 11 is 0. The molecule has 0 amide bonds. The van der Waals surface area contributed by atoms with Crippen LogP contribution in [0, 0.1) is 0 Å². The third-order valence-corrected chi connectivity index (χ3v) is 3.12. The van der Waals surface area contributed by atoms with Crippen LogP contribution in [-0.2, 0) is 11.2 Å². The standard InChI is InChI=1S/C10H12O3.C8H8O2/c1-3-7-6-8(13-2)4-5-9(7)10(11)12;1-10-8(9)7-5-3-2-4-6-7/h4-6H,3H2,1-2H3,(H,11,12);2-6H,1H3. The van der Waals surface area contributed by atoms with Gasteiger partial charge in [0.05, 0.1) is 25.3 Å². The van der Waals surface area contributed by atoms with E-state index in [0.717, 1.165) is 5.56 Å². The number of hydrogen-bond acceptors (Lipinski definition) is 4. The fraction of sp³-hybridized carbons (Fsp3) is 0.222. The smallest absolute Gasteiger partial charge is 0.337 e. The summed E-state index contributed by atoms with van der Waals surface area (Å²) in [6.45, 7) is 1.92. The zero-order chi connectivity index (χ0) is 17.2. The number of carbonyl (C=O) groups is 2. The van der Waals surface area contributed by atoms with Crippen LogP contribution in [0.25, 0.3) is 0 Å². The fourth-order valence-corrected chi connectivity index (χ4v) is 1.89. The molecule has 2 aromatic carbocycles. The largest absolute Gasteiger partial charge is 0.497 e. The molecule has 0 unspecified atom stereocenters. The van der Waals surface area contributed by atoms with E-state index in [1.807, 2.05) is 13.0 Å². The van der Waals surface area contributed by atoms with E-state index in [9.17, 15) is 9.59 Å². The lowest BCUT2D eigenvalue weighted by atomic mass is 10.1. The maximum atomic E-state index is 10.8. The van der Waals surface area contributed by atoms with E-state index in [1.54, 1.807) is 49.6 Å². The summed E-state index contributed by atoms with van der Waals surface area (Å²) in [5.41, 5.74) is 1.74. The van der Waals surface area contributed by atoms with Gasteiger partial charge >= 0.3 is 11.9 Å². The molecule has 1 N–H and O–H groups in total. The number of esters is 1. The second-order valence-corrected chi connectivity index (χ2v) is 4.54. The first kappa shape index (κ1) is 18.2. The first-order chi connectivity index (χ1) is 11.0. The molecule has 0 aliphatic heterocycles. The molecule has 0 atom stereocenters. The van der Waals surface area contributed by atoms with Crippen molar-refractivity contribution in [2.24, 2.45) is 0 Å². The van der Waals surface area contributed by atoms with Crippen LogP contribution >= 0.6 is 0 Å². The topological polar surface area (TPSA) is 72.8 Å². The van der Waals surface area contributed by atoms with Crippen molar-refractivity contribution >= 4 is 11.9 Å². The van der Waals surface area contributed by atoms with Crippen LogP contribution in [0.4, 0.5) is 0 Å². The minimum atomic E-state index is -0.889. The zero-order valence-electron chi connectivity index (χ0n) is 13.4. The lowest BCUT2D eigenvalue weighted by Crippen LogP contribution is -2.01. The highest BCUT2D eigenvalue weighted by molar-refractivity contribution is 5.89. The van der Waals surface area contributed by atoms with Crippen LogP contribution in [0.3, 0.4) is 0 Å². The monoisotopic (exact) mass is 316 g/mol. The molecule has 5 nitrogen and oxygen atoms in total. The lowest BCUT2D eigenvalue weighted by molar-refractivity contribution is 0.0599.